The molecule has 7 rings (SSSR count). The number of benzene rings is 4. The molecule has 3 heterocycles. The van der Waals surface area contributed by atoms with Crippen molar-refractivity contribution in [1.29, 1.82) is 0 Å². The molecule has 0 aliphatic carbocycles. The molecule has 0 aromatic heterocycles. The van der Waals surface area contributed by atoms with Crippen molar-refractivity contribution in [2.45, 2.75) is 17.5 Å². The van der Waals surface area contributed by atoms with Crippen LogP contribution in [0.4, 0.5) is 5.69 Å². The van der Waals surface area contributed by atoms with Crippen LogP contribution in [0.3, 0.4) is 0 Å². The monoisotopic (exact) mass is 586 g/mol. The van der Waals surface area contributed by atoms with E-state index in [0.717, 1.165) is 11.1 Å². The summed E-state index contributed by atoms with van der Waals surface area (Å²) in [5.74, 6) is -0.677. The smallest absolute Gasteiger partial charge is 0.238 e. The minimum atomic E-state index is -1.42. The molecule has 1 fully saturated rings. The lowest BCUT2D eigenvalue weighted by molar-refractivity contribution is -0.122. The molecule has 0 bridgehead atoms. The summed E-state index contributed by atoms with van der Waals surface area (Å²) in [5, 5.41) is 3.07. The van der Waals surface area contributed by atoms with Gasteiger partial charge in [0.25, 0.3) is 0 Å². The lowest BCUT2D eigenvalue weighted by Gasteiger charge is -2.38. The number of nitrogens with one attached hydrogen (secondary N) is 1. The second-order valence-electron chi connectivity index (χ2n) is 11.1. The summed E-state index contributed by atoms with van der Waals surface area (Å²) < 4.78 is 16.4. The Morgan fingerprint density at radius 3 is 2.32 bits per heavy atom. The van der Waals surface area contributed by atoms with Crippen molar-refractivity contribution < 1.29 is 28.6 Å². The van der Waals surface area contributed by atoms with Gasteiger partial charge in [-0.05, 0) is 59.2 Å². The average molecular weight is 587 g/mol. The number of ether oxygens (including phenoxy) is 3. The van der Waals surface area contributed by atoms with E-state index in [1.165, 1.54) is 21.3 Å². The lowest BCUT2D eigenvalue weighted by Crippen LogP contribution is -2.49. The standard InChI is InChI=1S/C36H30N2O6/c1-42-24-11-8-10-22(19-24)32(39)30-31(33(40)23-15-16-28(43-2)29(20-23)44-3)38-18-17-21-9-4-5-12-25(21)34(38)36(30)26-13-6-7-14-27(26)37-35(36)41/h4-20,30-31,34H,1-3H3,(H,37,41)/t30-,31+,34+,36-/m0/s1. The van der Waals surface area contributed by atoms with E-state index in [0.29, 0.717) is 39.6 Å². The lowest BCUT2D eigenvalue weighted by atomic mass is 9.62. The number of nitrogens with zero attached hydrogens (tertiary/aromatic N) is 1. The SMILES string of the molecule is COc1cccc(C(=O)[C@@H]2[C@H](C(=O)c3ccc(OC)c(OC)c3)N3C=Cc4ccccc4[C@@H]3[C@@]23C(=O)Nc2ccccc23)c1. The van der Waals surface area contributed by atoms with Crippen LogP contribution in [0, 0.1) is 5.92 Å². The first-order valence-corrected chi connectivity index (χ1v) is 14.3. The Kier molecular flexibility index (Phi) is 6.50. The molecule has 0 radical (unpaired) electrons. The fourth-order valence-corrected chi connectivity index (χ4v) is 7.28. The van der Waals surface area contributed by atoms with E-state index in [1.807, 2.05) is 65.7 Å². The predicted molar refractivity (Wildman–Crippen MR) is 165 cm³/mol. The molecule has 8 nitrogen and oxygen atoms in total. The first-order valence-electron chi connectivity index (χ1n) is 14.3. The van der Waals surface area contributed by atoms with E-state index < -0.39 is 23.4 Å². The third-order valence-corrected chi connectivity index (χ3v) is 9.14. The van der Waals surface area contributed by atoms with E-state index in [1.54, 1.807) is 42.5 Å². The molecule has 1 saturated heterocycles. The number of rotatable bonds is 7. The number of Topliss-reactive ketones (excluding diaryl/α,β-unsaturated/α-hetero) is 2. The van der Waals surface area contributed by atoms with Gasteiger partial charge in [0.1, 0.15) is 17.2 Å². The van der Waals surface area contributed by atoms with E-state index in [9.17, 15) is 14.4 Å². The highest BCUT2D eigenvalue weighted by atomic mass is 16.5. The Hall–Kier alpha value is -5.37. The molecule has 4 aromatic rings. The second kappa shape index (κ2) is 10.4. The number of para-hydroxylation sites is 1. The molecule has 3 aliphatic rings. The van der Waals surface area contributed by atoms with Crippen molar-refractivity contribution in [2.24, 2.45) is 5.92 Å². The van der Waals surface area contributed by atoms with Crippen LogP contribution in [0.15, 0.2) is 97.2 Å². The van der Waals surface area contributed by atoms with E-state index >= 15 is 0 Å². The van der Waals surface area contributed by atoms with Crippen molar-refractivity contribution in [3.05, 3.63) is 125 Å². The van der Waals surface area contributed by atoms with Gasteiger partial charge >= 0.3 is 0 Å². The highest BCUT2D eigenvalue weighted by Gasteiger charge is 2.70. The third kappa shape index (κ3) is 3.80. The summed E-state index contributed by atoms with van der Waals surface area (Å²) >= 11 is 0. The molecular formula is C36H30N2O6. The van der Waals surface area contributed by atoms with Gasteiger partial charge in [-0.2, -0.15) is 0 Å². The topological polar surface area (TPSA) is 94.2 Å². The van der Waals surface area contributed by atoms with Crippen LogP contribution in [0.2, 0.25) is 0 Å². The zero-order valence-electron chi connectivity index (χ0n) is 24.4. The fraction of sp³-hybridized carbons (Fsp3) is 0.194. The number of hydrogen-bond acceptors (Lipinski definition) is 7. The zero-order chi connectivity index (χ0) is 30.6. The number of carbonyl (C=O) groups excluding carboxylic acids is 3. The second-order valence-corrected chi connectivity index (χ2v) is 11.1. The van der Waals surface area contributed by atoms with Crippen molar-refractivity contribution in [3.8, 4) is 17.2 Å². The number of anilines is 1. The molecule has 8 heteroatoms. The highest BCUT2D eigenvalue weighted by Crippen LogP contribution is 2.62. The van der Waals surface area contributed by atoms with Crippen LogP contribution in [0.1, 0.15) is 43.4 Å². The maximum absolute atomic E-state index is 15.0. The van der Waals surface area contributed by atoms with Gasteiger partial charge in [0.15, 0.2) is 23.1 Å². The maximum Gasteiger partial charge on any atom is 0.238 e. The molecule has 1 spiro atoms. The summed E-state index contributed by atoms with van der Waals surface area (Å²) in [6.07, 6.45) is 3.79. The average Bonchev–Trinajstić information content (AvgIpc) is 3.55. The van der Waals surface area contributed by atoms with Crippen LogP contribution in [0.25, 0.3) is 6.08 Å². The van der Waals surface area contributed by atoms with Crippen LogP contribution in [0.5, 0.6) is 17.2 Å². The Balaban J connectivity index is 1.52. The Morgan fingerprint density at radius 1 is 0.773 bits per heavy atom. The van der Waals surface area contributed by atoms with Gasteiger partial charge in [0.05, 0.1) is 33.3 Å². The van der Waals surface area contributed by atoms with Gasteiger partial charge in [-0.25, -0.2) is 0 Å². The van der Waals surface area contributed by atoms with Crippen molar-refractivity contribution in [1.82, 2.24) is 4.90 Å². The fourth-order valence-electron chi connectivity index (χ4n) is 7.28. The molecular weight excluding hydrogens is 556 g/mol. The number of ketones is 2. The van der Waals surface area contributed by atoms with E-state index in [2.05, 4.69) is 5.32 Å². The summed E-state index contributed by atoms with van der Waals surface area (Å²) in [5.41, 5.74) is 2.39. The van der Waals surface area contributed by atoms with Gasteiger partial charge in [0.2, 0.25) is 5.91 Å². The number of amides is 1. The van der Waals surface area contributed by atoms with Gasteiger partial charge in [0, 0.05) is 23.0 Å². The molecule has 4 aromatic carbocycles. The molecule has 44 heavy (non-hydrogen) atoms. The van der Waals surface area contributed by atoms with E-state index in [4.69, 9.17) is 14.2 Å². The Bertz CT molecular complexity index is 1870. The van der Waals surface area contributed by atoms with Gasteiger partial charge in [-0.15, -0.1) is 0 Å². The van der Waals surface area contributed by atoms with Crippen molar-refractivity contribution >= 4 is 29.2 Å². The van der Waals surface area contributed by atoms with E-state index in [-0.39, 0.29) is 17.5 Å². The summed E-state index contributed by atoms with van der Waals surface area (Å²) in [6, 6.07) is 25.4. The highest BCUT2D eigenvalue weighted by molar-refractivity contribution is 6.16. The van der Waals surface area contributed by atoms with Crippen LogP contribution < -0.4 is 19.5 Å². The number of methoxy groups -OCH3 is 3. The van der Waals surface area contributed by atoms with Gasteiger partial charge in [-0.1, -0.05) is 54.6 Å². The third-order valence-electron chi connectivity index (χ3n) is 9.14. The minimum absolute atomic E-state index is 0.310. The number of fused-ring (bicyclic) bond motifs is 6. The zero-order valence-corrected chi connectivity index (χ0v) is 24.4. The molecule has 1 amide bonds. The number of hydrogen-bond donors (Lipinski definition) is 1. The first-order chi connectivity index (χ1) is 21.4. The summed E-state index contributed by atoms with van der Waals surface area (Å²) in [4.78, 5) is 46.3. The van der Waals surface area contributed by atoms with Gasteiger partial charge in [-0.3, -0.25) is 14.4 Å². The van der Waals surface area contributed by atoms with Gasteiger partial charge < -0.3 is 24.4 Å². The molecule has 1 N–H and O–H groups in total. The summed E-state index contributed by atoms with van der Waals surface area (Å²) in [7, 11) is 4.57. The molecule has 4 atom stereocenters. The predicted octanol–water partition coefficient (Wildman–Crippen LogP) is 5.69. The van der Waals surface area contributed by atoms with Crippen LogP contribution >= 0.6 is 0 Å². The van der Waals surface area contributed by atoms with Crippen molar-refractivity contribution in [2.75, 3.05) is 26.6 Å². The Labute approximate surface area is 254 Å². The Morgan fingerprint density at radius 2 is 1.52 bits per heavy atom. The molecule has 0 unspecified atom stereocenters. The number of carbonyl (C=O) groups is 3. The van der Waals surface area contributed by atoms with Crippen LogP contribution in [-0.4, -0.2) is 49.7 Å². The van der Waals surface area contributed by atoms with Crippen molar-refractivity contribution in [3.63, 3.8) is 0 Å². The minimum Gasteiger partial charge on any atom is -0.497 e. The first kappa shape index (κ1) is 27.5. The quantitative estimate of drug-likeness (QED) is 0.278. The summed E-state index contributed by atoms with van der Waals surface area (Å²) in [6.45, 7) is 0. The molecule has 220 valence electrons. The largest absolute Gasteiger partial charge is 0.497 e. The maximum atomic E-state index is 15.0. The molecule has 0 saturated carbocycles. The van der Waals surface area contributed by atoms with Crippen LogP contribution in [-0.2, 0) is 10.2 Å². The molecule has 3 aliphatic heterocycles. The normalized spacial score (nSPS) is 22.6.